The summed E-state index contributed by atoms with van der Waals surface area (Å²) in [6.45, 7) is 0. The molecule has 0 spiro atoms. The second-order valence-electron chi connectivity index (χ2n) is 5.57. The second kappa shape index (κ2) is 6.68. The minimum Gasteiger partial charge on any atom is -0.366 e. The Morgan fingerprint density at radius 2 is 1.81 bits per heavy atom. The highest BCUT2D eigenvalue weighted by Crippen LogP contribution is 2.40. The number of hydrogen-bond acceptors (Lipinski definition) is 4. The number of fused-ring (bicyclic) bond motifs is 1. The Balaban J connectivity index is 1.96. The Bertz CT molecular complexity index is 1160. The molecule has 2 heterocycles. The van der Waals surface area contributed by atoms with Gasteiger partial charge in [0, 0.05) is 15.6 Å². The fourth-order valence-electron chi connectivity index (χ4n) is 2.86. The first-order chi connectivity index (χ1) is 12.5. The number of rotatable bonds is 3. The van der Waals surface area contributed by atoms with Gasteiger partial charge in [0.1, 0.15) is 5.69 Å². The largest absolute Gasteiger partial charge is 0.366 e. The van der Waals surface area contributed by atoms with E-state index in [1.807, 2.05) is 36.4 Å². The van der Waals surface area contributed by atoms with Gasteiger partial charge in [-0.05, 0) is 40.9 Å². The fraction of sp³-hybridized carbons (Fsp3) is 0. The Labute approximate surface area is 163 Å². The van der Waals surface area contributed by atoms with Crippen LogP contribution in [0.25, 0.3) is 31.8 Å². The van der Waals surface area contributed by atoms with Gasteiger partial charge in [-0.2, -0.15) is 0 Å². The Morgan fingerprint density at radius 3 is 2.62 bits per heavy atom. The maximum absolute atomic E-state index is 11.8. The summed E-state index contributed by atoms with van der Waals surface area (Å²) < 4.78 is 1.04. The van der Waals surface area contributed by atoms with Gasteiger partial charge in [0.05, 0.1) is 16.1 Å². The summed E-state index contributed by atoms with van der Waals surface area (Å²) in [6, 6.07) is 15.2. The Morgan fingerprint density at radius 1 is 1.04 bits per heavy atom. The van der Waals surface area contributed by atoms with Gasteiger partial charge >= 0.3 is 0 Å². The van der Waals surface area contributed by atoms with Gasteiger partial charge in [0.25, 0.3) is 0 Å². The number of amides is 1. The van der Waals surface area contributed by atoms with Crippen molar-refractivity contribution in [2.45, 2.75) is 0 Å². The highest BCUT2D eigenvalue weighted by Gasteiger charge is 2.16. The predicted octanol–water partition coefficient (Wildman–Crippen LogP) is 5.43. The standard InChI is InChI=1S/C19H11Cl2N3OS/c20-14-9-23-19(21)24-17(14)16-8-13-11(6-3-7-15(13)26-16)10-4-1-2-5-12(10)18(22)25/h1-9H,(H2,22,25). The fourth-order valence-corrected chi connectivity index (χ4v) is 4.34. The number of nitrogens with two attached hydrogens (primary N) is 1. The van der Waals surface area contributed by atoms with Crippen molar-refractivity contribution in [2.24, 2.45) is 5.73 Å². The Hall–Kier alpha value is -2.47. The van der Waals surface area contributed by atoms with Crippen molar-refractivity contribution in [1.82, 2.24) is 9.97 Å². The van der Waals surface area contributed by atoms with Gasteiger partial charge in [-0.3, -0.25) is 4.79 Å². The van der Waals surface area contributed by atoms with E-state index in [0.29, 0.717) is 16.3 Å². The highest BCUT2D eigenvalue weighted by molar-refractivity contribution is 7.22. The number of nitrogens with zero attached hydrogens (tertiary/aromatic N) is 2. The van der Waals surface area contributed by atoms with Crippen molar-refractivity contribution in [1.29, 1.82) is 0 Å². The number of carbonyl (C=O) groups is 1. The van der Waals surface area contributed by atoms with Crippen LogP contribution in [-0.2, 0) is 0 Å². The summed E-state index contributed by atoms with van der Waals surface area (Å²) in [5, 5.41) is 1.56. The molecule has 7 heteroatoms. The molecule has 0 bridgehead atoms. The number of hydrogen-bond donors (Lipinski definition) is 1. The molecule has 26 heavy (non-hydrogen) atoms. The van der Waals surface area contributed by atoms with E-state index in [1.54, 1.807) is 23.5 Å². The number of primary amides is 1. The van der Waals surface area contributed by atoms with E-state index in [-0.39, 0.29) is 5.28 Å². The summed E-state index contributed by atoms with van der Waals surface area (Å²) in [5.74, 6) is -0.460. The van der Waals surface area contributed by atoms with E-state index in [9.17, 15) is 4.79 Å². The monoisotopic (exact) mass is 399 g/mol. The molecule has 0 saturated carbocycles. The SMILES string of the molecule is NC(=O)c1ccccc1-c1cccc2sc(-c3nc(Cl)ncc3Cl)cc12. The minimum atomic E-state index is -0.460. The minimum absolute atomic E-state index is 0.140. The molecule has 0 radical (unpaired) electrons. The van der Waals surface area contributed by atoms with Crippen LogP contribution < -0.4 is 5.73 Å². The van der Waals surface area contributed by atoms with E-state index in [0.717, 1.165) is 26.1 Å². The van der Waals surface area contributed by atoms with Crippen LogP contribution in [0.1, 0.15) is 10.4 Å². The number of halogens is 2. The molecule has 0 fully saturated rings. The first-order valence-electron chi connectivity index (χ1n) is 7.65. The third kappa shape index (κ3) is 2.94. The van der Waals surface area contributed by atoms with Crippen molar-refractivity contribution in [3.8, 4) is 21.7 Å². The molecule has 4 aromatic rings. The quantitative estimate of drug-likeness (QED) is 0.466. The van der Waals surface area contributed by atoms with Crippen LogP contribution in [-0.4, -0.2) is 15.9 Å². The molecule has 0 saturated heterocycles. The van der Waals surface area contributed by atoms with Crippen LogP contribution in [0.3, 0.4) is 0 Å². The lowest BCUT2D eigenvalue weighted by atomic mass is 9.96. The average Bonchev–Trinajstić information content (AvgIpc) is 3.07. The molecule has 2 N–H and O–H groups in total. The molecule has 0 unspecified atom stereocenters. The van der Waals surface area contributed by atoms with Gasteiger partial charge in [-0.15, -0.1) is 11.3 Å². The van der Waals surface area contributed by atoms with Gasteiger partial charge in [-0.1, -0.05) is 41.9 Å². The zero-order valence-corrected chi connectivity index (χ0v) is 15.6. The van der Waals surface area contributed by atoms with Crippen molar-refractivity contribution >= 4 is 50.5 Å². The number of aromatic nitrogens is 2. The van der Waals surface area contributed by atoms with E-state index < -0.39 is 5.91 Å². The normalized spacial score (nSPS) is 11.0. The molecule has 4 rings (SSSR count). The van der Waals surface area contributed by atoms with Gasteiger partial charge in [0.2, 0.25) is 11.2 Å². The molecule has 0 atom stereocenters. The van der Waals surface area contributed by atoms with Gasteiger partial charge in [0.15, 0.2) is 0 Å². The predicted molar refractivity (Wildman–Crippen MR) is 107 cm³/mol. The van der Waals surface area contributed by atoms with Gasteiger partial charge in [-0.25, -0.2) is 9.97 Å². The Kier molecular flexibility index (Phi) is 4.36. The zero-order valence-electron chi connectivity index (χ0n) is 13.2. The van der Waals surface area contributed by atoms with Crippen molar-refractivity contribution in [2.75, 3.05) is 0 Å². The maximum atomic E-state index is 11.8. The number of benzene rings is 2. The van der Waals surface area contributed by atoms with Gasteiger partial charge < -0.3 is 5.73 Å². The van der Waals surface area contributed by atoms with Crippen LogP contribution >= 0.6 is 34.5 Å². The molecule has 0 aliphatic heterocycles. The molecule has 2 aromatic carbocycles. The maximum Gasteiger partial charge on any atom is 0.249 e. The molecule has 0 aliphatic carbocycles. The molecule has 1 amide bonds. The zero-order chi connectivity index (χ0) is 18.3. The van der Waals surface area contributed by atoms with Crippen molar-refractivity contribution < 1.29 is 4.79 Å². The molecule has 4 nitrogen and oxygen atoms in total. The smallest absolute Gasteiger partial charge is 0.249 e. The van der Waals surface area contributed by atoms with Crippen molar-refractivity contribution in [3.63, 3.8) is 0 Å². The topological polar surface area (TPSA) is 68.9 Å². The van der Waals surface area contributed by atoms with Crippen LogP contribution in [0.5, 0.6) is 0 Å². The molecule has 0 aliphatic rings. The molecule has 2 aromatic heterocycles. The van der Waals surface area contributed by atoms with Crippen molar-refractivity contribution in [3.05, 3.63) is 70.6 Å². The van der Waals surface area contributed by atoms with Crippen LogP contribution in [0, 0.1) is 0 Å². The van der Waals surface area contributed by atoms with E-state index in [1.165, 1.54) is 6.20 Å². The summed E-state index contributed by atoms with van der Waals surface area (Å²) in [4.78, 5) is 20.8. The average molecular weight is 400 g/mol. The first kappa shape index (κ1) is 17.0. The van der Waals surface area contributed by atoms with E-state index in [4.69, 9.17) is 28.9 Å². The summed E-state index contributed by atoms with van der Waals surface area (Å²) in [6.07, 6.45) is 1.49. The van der Waals surface area contributed by atoms with E-state index >= 15 is 0 Å². The third-order valence-corrected chi connectivity index (χ3v) is 5.56. The summed E-state index contributed by atoms with van der Waals surface area (Å²) >= 11 is 13.7. The number of carbonyl (C=O) groups excluding carboxylic acids is 1. The first-order valence-corrected chi connectivity index (χ1v) is 9.22. The summed E-state index contributed by atoms with van der Waals surface area (Å²) in [5.41, 5.74) is 8.33. The van der Waals surface area contributed by atoms with Crippen LogP contribution in [0.2, 0.25) is 10.3 Å². The lowest BCUT2D eigenvalue weighted by Crippen LogP contribution is -2.12. The molecular weight excluding hydrogens is 389 g/mol. The second-order valence-corrected chi connectivity index (χ2v) is 7.40. The van der Waals surface area contributed by atoms with E-state index in [2.05, 4.69) is 9.97 Å². The number of thiophene rings is 1. The van der Waals surface area contributed by atoms with Crippen LogP contribution in [0.4, 0.5) is 0 Å². The highest BCUT2D eigenvalue weighted by atomic mass is 35.5. The van der Waals surface area contributed by atoms with Crippen LogP contribution in [0.15, 0.2) is 54.7 Å². The third-order valence-electron chi connectivity index (χ3n) is 3.99. The molecule has 128 valence electrons. The lowest BCUT2D eigenvalue weighted by molar-refractivity contribution is 0.100. The molecular formula is C19H11Cl2N3OS. The summed E-state index contributed by atoms with van der Waals surface area (Å²) in [7, 11) is 0. The lowest BCUT2D eigenvalue weighted by Gasteiger charge is -2.08.